The second kappa shape index (κ2) is 4.91. The molecule has 0 aromatic carbocycles. The lowest BCUT2D eigenvalue weighted by molar-refractivity contribution is -0.141. The molecule has 1 saturated heterocycles. The van der Waals surface area contributed by atoms with Crippen molar-refractivity contribution in [3.63, 3.8) is 0 Å². The first-order valence-corrected chi connectivity index (χ1v) is 5.50. The number of nitrogens with zero attached hydrogens (tertiary/aromatic N) is 1. The van der Waals surface area contributed by atoms with Gasteiger partial charge >= 0.3 is 12.1 Å². The van der Waals surface area contributed by atoms with E-state index in [1.54, 1.807) is 20.8 Å². The van der Waals surface area contributed by atoms with E-state index in [0.717, 1.165) is 0 Å². The van der Waals surface area contributed by atoms with Crippen LogP contribution in [0.5, 0.6) is 0 Å². The highest BCUT2D eigenvalue weighted by Gasteiger charge is 2.40. The molecule has 2 atom stereocenters. The molecule has 1 fully saturated rings. The van der Waals surface area contributed by atoms with Gasteiger partial charge in [-0.2, -0.15) is 0 Å². The van der Waals surface area contributed by atoms with Crippen molar-refractivity contribution < 1.29 is 24.2 Å². The zero-order valence-electron chi connectivity index (χ0n) is 10.6. The summed E-state index contributed by atoms with van der Waals surface area (Å²) in [6.45, 7) is 5.41. The number of likely N-dealkylation sites (tertiary alicyclic amines) is 1. The number of aliphatic carboxylic acids is 1. The number of carbonyl (C=O) groups excluding carboxylic acids is 1. The van der Waals surface area contributed by atoms with Gasteiger partial charge in [-0.25, -0.2) is 4.79 Å². The number of hydrogen-bond donors (Lipinski definition) is 1. The highest BCUT2D eigenvalue weighted by atomic mass is 16.6. The van der Waals surface area contributed by atoms with E-state index in [2.05, 4.69) is 0 Å². The van der Waals surface area contributed by atoms with Gasteiger partial charge in [0.15, 0.2) is 0 Å². The zero-order valence-corrected chi connectivity index (χ0v) is 10.6. The molecule has 1 N–H and O–H groups in total. The molecule has 6 heteroatoms. The van der Waals surface area contributed by atoms with Crippen LogP contribution < -0.4 is 0 Å². The first kappa shape index (κ1) is 13.8. The smallest absolute Gasteiger partial charge is 0.412 e. The van der Waals surface area contributed by atoms with E-state index in [1.807, 2.05) is 0 Å². The average molecular weight is 245 g/mol. The van der Waals surface area contributed by atoms with Gasteiger partial charge in [0.1, 0.15) is 11.8 Å². The lowest BCUT2D eigenvalue weighted by Crippen LogP contribution is -2.40. The highest BCUT2D eigenvalue weighted by Crippen LogP contribution is 2.25. The van der Waals surface area contributed by atoms with Crippen LogP contribution >= 0.6 is 0 Å². The largest absolute Gasteiger partial charge is 0.481 e. The van der Waals surface area contributed by atoms with Crippen molar-refractivity contribution in [2.75, 3.05) is 13.7 Å². The van der Waals surface area contributed by atoms with Gasteiger partial charge in [0.2, 0.25) is 0 Å². The Morgan fingerprint density at radius 1 is 1.35 bits per heavy atom. The summed E-state index contributed by atoms with van der Waals surface area (Å²) in [6, 6.07) is 0. The van der Waals surface area contributed by atoms with Crippen LogP contribution in [0.4, 0.5) is 4.79 Å². The fraction of sp³-hybridized carbons (Fsp3) is 0.818. The van der Waals surface area contributed by atoms with Crippen molar-refractivity contribution >= 4 is 12.1 Å². The number of hydrogen-bond acceptors (Lipinski definition) is 4. The molecule has 0 aliphatic carbocycles. The van der Waals surface area contributed by atoms with Crippen LogP contribution in [-0.2, 0) is 14.3 Å². The second-order valence-electron chi connectivity index (χ2n) is 5.09. The van der Waals surface area contributed by atoms with Crippen LogP contribution in [0.2, 0.25) is 0 Å². The van der Waals surface area contributed by atoms with Crippen LogP contribution in [0, 0.1) is 5.92 Å². The van der Waals surface area contributed by atoms with Gasteiger partial charge in [0.05, 0.1) is 5.92 Å². The summed E-state index contributed by atoms with van der Waals surface area (Å²) in [5, 5.41) is 8.92. The fourth-order valence-electron chi connectivity index (χ4n) is 1.72. The van der Waals surface area contributed by atoms with E-state index in [-0.39, 0.29) is 6.54 Å². The van der Waals surface area contributed by atoms with Gasteiger partial charge in [-0.1, -0.05) is 0 Å². The Labute approximate surface area is 100 Å². The van der Waals surface area contributed by atoms with Gasteiger partial charge in [0, 0.05) is 20.1 Å². The molecule has 0 radical (unpaired) electrons. The Kier molecular flexibility index (Phi) is 3.98. The number of carboxylic acids is 1. The quantitative estimate of drug-likeness (QED) is 0.793. The van der Waals surface area contributed by atoms with Crippen molar-refractivity contribution in [3.8, 4) is 0 Å². The van der Waals surface area contributed by atoms with Crippen molar-refractivity contribution in [2.24, 2.45) is 5.92 Å². The maximum Gasteiger partial charge on any atom is 0.412 e. The predicted octanol–water partition coefficient (Wildman–Crippen LogP) is 1.30. The summed E-state index contributed by atoms with van der Waals surface area (Å²) in [6.07, 6.45) is -0.760. The van der Waals surface area contributed by atoms with Crippen LogP contribution in [0.3, 0.4) is 0 Å². The molecule has 98 valence electrons. The number of rotatable bonds is 2. The Hall–Kier alpha value is -1.30. The average Bonchev–Trinajstić information content (AvgIpc) is 2.58. The molecule has 0 aromatic rings. The molecule has 0 aromatic heterocycles. The molecule has 6 nitrogen and oxygen atoms in total. The van der Waals surface area contributed by atoms with Crippen molar-refractivity contribution in [3.05, 3.63) is 0 Å². The SMILES string of the molecule is COC1C[C@H](C(=O)O)CN1C(=O)OC(C)(C)C. The molecular formula is C11H19NO5. The number of amides is 1. The van der Waals surface area contributed by atoms with Crippen molar-refractivity contribution in [1.82, 2.24) is 4.90 Å². The topological polar surface area (TPSA) is 76.1 Å². The number of carbonyl (C=O) groups is 2. The summed E-state index contributed by atoms with van der Waals surface area (Å²) in [4.78, 5) is 24.0. The predicted molar refractivity (Wildman–Crippen MR) is 59.5 cm³/mol. The minimum Gasteiger partial charge on any atom is -0.481 e. The Morgan fingerprint density at radius 2 is 1.94 bits per heavy atom. The summed E-state index contributed by atoms with van der Waals surface area (Å²) in [5.41, 5.74) is -0.601. The van der Waals surface area contributed by atoms with Crippen molar-refractivity contribution in [1.29, 1.82) is 0 Å². The molecular weight excluding hydrogens is 226 g/mol. The van der Waals surface area contributed by atoms with Gasteiger partial charge in [0.25, 0.3) is 0 Å². The van der Waals surface area contributed by atoms with Gasteiger partial charge in [-0.3, -0.25) is 9.69 Å². The Morgan fingerprint density at radius 3 is 2.35 bits per heavy atom. The lowest BCUT2D eigenvalue weighted by Gasteiger charge is -2.27. The van der Waals surface area contributed by atoms with Gasteiger partial charge in [-0.05, 0) is 20.8 Å². The summed E-state index contributed by atoms with van der Waals surface area (Å²) < 4.78 is 10.3. The second-order valence-corrected chi connectivity index (χ2v) is 5.09. The summed E-state index contributed by atoms with van der Waals surface area (Å²) >= 11 is 0. The minimum atomic E-state index is -0.918. The van der Waals surface area contributed by atoms with Crippen molar-refractivity contribution in [2.45, 2.75) is 39.0 Å². The highest BCUT2D eigenvalue weighted by molar-refractivity contribution is 5.74. The van der Waals surface area contributed by atoms with Gasteiger partial charge in [-0.15, -0.1) is 0 Å². The number of ether oxygens (including phenoxy) is 2. The van der Waals surface area contributed by atoms with E-state index in [1.165, 1.54) is 12.0 Å². The third-order valence-corrected chi connectivity index (χ3v) is 2.50. The molecule has 17 heavy (non-hydrogen) atoms. The van der Waals surface area contributed by atoms with E-state index in [9.17, 15) is 9.59 Å². The van der Waals surface area contributed by atoms with Gasteiger partial charge < -0.3 is 14.6 Å². The van der Waals surface area contributed by atoms with Crippen LogP contribution in [-0.4, -0.2) is 47.6 Å². The summed E-state index contributed by atoms with van der Waals surface area (Å²) in [7, 11) is 1.45. The third-order valence-electron chi connectivity index (χ3n) is 2.50. The normalized spacial score (nSPS) is 24.8. The third kappa shape index (κ3) is 3.59. The fourth-order valence-corrected chi connectivity index (χ4v) is 1.72. The molecule has 1 aliphatic rings. The standard InChI is InChI=1S/C11H19NO5/c1-11(2,3)17-10(15)12-6-7(9(13)14)5-8(12)16-4/h7-8H,5-6H2,1-4H3,(H,13,14)/t7-,8?/m0/s1. The lowest BCUT2D eigenvalue weighted by atomic mass is 10.1. The Bertz CT molecular complexity index is 309. The molecule has 1 aliphatic heterocycles. The molecule has 1 amide bonds. The minimum absolute atomic E-state index is 0.128. The number of methoxy groups -OCH3 is 1. The monoisotopic (exact) mass is 245 g/mol. The maximum atomic E-state index is 11.8. The van der Waals surface area contributed by atoms with E-state index >= 15 is 0 Å². The first-order chi connectivity index (χ1) is 7.74. The molecule has 1 unspecified atom stereocenters. The van der Waals surface area contributed by atoms with Crippen LogP contribution in [0.15, 0.2) is 0 Å². The first-order valence-electron chi connectivity index (χ1n) is 5.50. The molecule has 0 spiro atoms. The van der Waals surface area contributed by atoms with Crippen LogP contribution in [0.1, 0.15) is 27.2 Å². The zero-order chi connectivity index (χ0) is 13.2. The molecule has 1 rings (SSSR count). The summed E-state index contributed by atoms with van der Waals surface area (Å²) in [5.74, 6) is -1.51. The van der Waals surface area contributed by atoms with E-state index in [4.69, 9.17) is 14.6 Å². The van der Waals surface area contributed by atoms with E-state index < -0.39 is 29.8 Å². The number of carboxylic acid groups (broad SMARTS) is 1. The molecule has 0 bridgehead atoms. The maximum absolute atomic E-state index is 11.8. The molecule has 1 heterocycles. The molecule has 0 saturated carbocycles. The van der Waals surface area contributed by atoms with E-state index in [0.29, 0.717) is 6.42 Å². The van der Waals surface area contributed by atoms with Crippen LogP contribution in [0.25, 0.3) is 0 Å². The Balaban J connectivity index is 2.69.